The molecule has 1 amide bonds. The van der Waals surface area contributed by atoms with Crippen molar-refractivity contribution in [3.63, 3.8) is 0 Å². The van der Waals surface area contributed by atoms with Crippen LogP contribution in [0, 0.1) is 19.8 Å². The van der Waals surface area contributed by atoms with Crippen LogP contribution in [-0.4, -0.2) is 40.7 Å². The number of nitrogens with one attached hydrogen (secondary N) is 1. The molecule has 0 aliphatic rings. The summed E-state index contributed by atoms with van der Waals surface area (Å²) in [5, 5.41) is 5.98. The number of amides is 1. The highest BCUT2D eigenvalue weighted by molar-refractivity contribution is 7.13. The van der Waals surface area contributed by atoms with Gasteiger partial charge in [-0.2, -0.15) is 0 Å². The summed E-state index contributed by atoms with van der Waals surface area (Å²) in [6.07, 6.45) is 2.65. The van der Waals surface area contributed by atoms with Gasteiger partial charge in [0.2, 0.25) is 0 Å². The number of ether oxygens (including phenoxy) is 1. The summed E-state index contributed by atoms with van der Waals surface area (Å²) in [6, 6.07) is 6.01. The molecule has 0 spiro atoms. The number of hydrogen-bond donors (Lipinski definition) is 1. The maximum absolute atomic E-state index is 12.8. The average Bonchev–Trinajstić information content (AvgIpc) is 3.31. The molecule has 30 heavy (non-hydrogen) atoms. The number of nitrogens with zero attached hydrogens (tertiary/aromatic N) is 3. The Morgan fingerprint density at radius 3 is 2.77 bits per heavy atom. The largest absolute Gasteiger partial charge is 0.385 e. The molecule has 7 heteroatoms. The van der Waals surface area contributed by atoms with Gasteiger partial charge in [-0.3, -0.25) is 9.78 Å². The quantitative estimate of drug-likeness (QED) is 0.503. The molecule has 3 aromatic rings. The number of carbonyl (C=O) groups is 1. The number of hydrogen-bond acceptors (Lipinski definition) is 5. The summed E-state index contributed by atoms with van der Waals surface area (Å²) in [4.78, 5) is 22.0. The van der Waals surface area contributed by atoms with Gasteiger partial charge in [-0.15, -0.1) is 11.3 Å². The summed E-state index contributed by atoms with van der Waals surface area (Å²) < 4.78 is 7.27. The summed E-state index contributed by atoms with van der Waals surface area (Å²) in [5.74, 6) is 0.400. The third-order valence-corrected chi connectivity index (χ3v) is 5.79. The van der Waals surface area contributed by atoms with Crippen molar-refractivity contribution in [1.29, 1.82) is 0 Å². The van der Waals surface area contributed by atoms with E-state index >= 15 is 0 Å². The summed E-state index contributed by atoms with van der Waals surface area (Å²) in [6.45, 7) is 10.4. The third kappa shape index (κ3) is 5.15. The van der Waals surface area contributed by atoms with Gasteiger partial charge in [-0.25, -0.2) is 4.98 Å². The van der Waals surface area contributed by atoms with Crippen LogP contribution in [0.2, 0.25) is 0 Å². The number of rotatable bonds is 9. The Labute approximate surface area is 182 Å². The molecule has 3 rings (SSSR count). The lowest BCUT2D eigenvalue weighted by Gasteiger charge is -2.13. The molecule has 160 valence electrons. The number of carbonyl (C=O) groups excluding carboxylic acids is 1. The molecular formula is C23H30N4O2S. The van der Waals surface area contributed by atoms with Gasteiger partial charge in [0, 0.05) is 55.3 Å². The predicted molar refractivity (Wildman–Crippen MR) is 122 cm³/mol. The molecule has 0 unspecified atom stereocenters. The molecule has 0 aliphatic heterocycles. The van der Waals surface area contributed by atoms with Gasteiger partial charge in [0.05, 0.1) is 17.0 Å². The first-order valence-electron chi connectivity index (χ1n) is 10.3. The van der Waals surface area contributed by atoms with Crippen LogP contribution in [-0.2, 0) is 11.3 Å². The van der Waals surface area contributed by atoms with E-state index in [2.05, 4.69) is 34.1 Å². The lowest BCUT2D eigenvalue weighted by atomic mass is 10.2. The van der Waals surface area contributed by atoms with Gasteiger partial charge in [-0.1, -0.05) is 13.8 Å². The van der Waals surface area contributed by atoms with Gasteiger partial charge in [0.1, 0.15) is 5.01 Å². The molecule has 0 bridgehead atoms. The molecular weight excluding hydrogens is 396 g/mol. The second-order valence-electron chi connectivity index (χ2n) is 7.86. The Morgan fingerprint density at radius 2 is 2.10 bits per heavy atom. The van der Waals surface area contributed by atoms with E-state index in [1.54, 1.807) is 18.4 Å². The van der Waals surface area contributed by atoms with Crippen molar-refractivity contribution in [3.8, 4) is 22.0 Å². The maximum atomic E-state index is 12.8. The Bertz CT molecular complexity index is 989. The van der Waals surface area contributed by atoms with Gasteiger partial charge in [-0.05, 0) is 44.4 Å². The summed E-state index contributed by atoms with van der Waals surface area (Å²) >= 11 is 1.59. The van der Waals surface area contributed by atoms with E-state index < -0.39 is 0 Å². The molecule has 0 saturated heterocycles. The highest BCUT2D eigenvalue weighted by atomic mass is 32.1. The zero-order chi connectivity index (χ0) is 21.7. The smallest absolute Gasteiger partial charge is 0.253 e. The fourth-order valence-corrected chi connectivity index (χ4v) is 4.12. The van der Waals surface area contributed by atoms with Crippen LogP contribution in [0.15, 0.2) is 29.8 Å². The van der Waals surface area contributed by atoms with Crippen molar-refractivity contribution in [3.05, 3.63) is 46.7 Å². The number of thiazole rings is 1. The van der Waals surface area contributed by atoms with Crippen molar-refractivity contribution >= 4 is 17.2 Å². The number of pyridine rings is 1. The normalized spacial score (nSPS) is 11.3. The van der Waals surface area contributed by atoms with E-state index in [4.69, 9.17) is 9.72 Å². The SMILES string of the molecule is COCCCNC(=O)c1cc(-c2csc(-c3ccc(C)nc3)n2)n(CC(C)C)c1C. The third-order valence-electron chi connectivity index (χ3n) is 4.89. The molecule has 0 atom stereocenters. The maximum Gasteiger partial charge on any atom is 0.253 e. The van der Waals surface area contributed by atoms with Crippen LogP contribution < -0.4 is 5.32 Å². The minimum atomic E-state index is -0.0504. The van der Waals surface area contributed by atoms with Crippen LogP contribution >= 0.6 is 11.3 Å². The number of methoxy groups -OCH3 is 1. The Morgan fingerprint density at radius 1 is 1.30 bits per heavy atom. The molecule has 0 radical (unpaired) electrons. The standard InChI is InChI=1S/C23H30N4O2S/c1-15(2)13-27-17(4)19(22(28)24-9-6-10-29-5)11-21(27)20-14-30-23(26-20)18-8-7-16(3)25-12-18/h7-8,11-12,14-15H,6,9-10,13H2,1-5H3,(H,24,28). The summed E-state index contributed by atoms with van der Waals surface area (Å²) in [5.41, 5.74) is 5.53. The van der Waals surface area contributed by atoms with Crippen LogP contribution in [0.25, 0.3) is 22.0 Å². The van der Waals surface area contributed by atoms with Crippen LogP contribution in [0.1, 0.15) is 42.0 Å². The summed E-state index contributed by atoms with van der Waals surface area (Å²) in [7, 11) is 1.67. The topological polar surface area (TPSA) is 69.0 Å². The van der Waals surface area contributed by atoms with Crippen molar-refractivity contribution in [2.75, 3.05) is 20.3 Å². The van der Waals surface area contributed by atoms with Gasteiger partial charge in [0.25, 0.3) is 5.91 Å². The molecule has 6 nitrogen and oxygen atoms in total. The van der Waals surface area contributed by atoms with Crippen LogP contribution in [0.4, 0.5) is 0 Å². The van der Waals surface area contributed by atoms with Crippen LogP contribution in [0.5, 0.6) is 0 Å². The molecule has 1 N–H and O–H groups in total. The van der Waals surface area contributed by atoms with E-state index in [1.807, 2.05) is 38.2 Å². The fraction of sp³-hybridized carbons (Fsp3) is 0.435. The van der Waals surface area contributed by atoms with Gasteiger partial charge < -0.3 is 14.6 Å². The second-order valence-corrected chi connectivity index (χ2v) is 8.72. The molecule has 3 heterocycles. The number of aryl methyl sites for hydroxylation is 1. The van der Waals surface area contributed by atoms with E-state index in [-0.39, 0.29) is 5.91 Å². The van der Waals surface area contributed by atoms with Gasteiger partial charge in [0.15, 0.2) is 0 Å². The van der Waals surface area contributed by atoms with Crippen molar-refractivity contribution < 1.29 is 9.53 Å². The van der Waals surface area contributed by atoms with Crippen molar-refractivity contribution in [1.82, 2.24) is 19.9 Å². The molecule has 3 aromatic heterocycles. The van der Waals surface area contributed by atoms with Crippen molar-refractivity contribution in [2.45, 2.75) is 40.7 Å². The monoisotopic (exact) mass is 426 g/mol. The Kier molecular flexibility index (Phi) is 7.39. The van der Waals surface area contributed by atoms with E-state index in [9.17, 15) is 4.79 Å². The van der Waals surface area contributed by atoms with Crippen LogP contribution in [0.3, 0.4) is 0 Å². The van der Waals surface area contributed by atoms with Gasteiger partial charge >= 0.3 is 0 Å². The molecule has 0 fully saturated rings. The van der Waals surface area contributed by atoms with Crippen molar-refractivity contribution in [2.24, 2.45) is 5.92 Å². The number of aromatic nitrogens is 3. The molecule has 0 saturated carbocycles. The van der Waals surface area contributed by atoms with E-state index in [0.717, 1.165) is 46.3 Å². The molecule has 0 aromatic carbocycles. The minimum Gasteiger partial charge on any atom is -0.385 e. The lowest BCUT2D eigenvalue weighted by molar-refractivity contribution is 0.0948. The fourth-order valence-electron chi connectivity index (χ4n) is 3.32. The minimum absolute atomic E-state index is 0.0504. The Balaban J connectivity index is 1.91. The highest BCUT2D eigenvalue weighted by Crippen LogP contribution is 2.31. The molecule has 0 aliphatic carbocycles. The average molecular weight is 427 g/mol. The van der Waals surface area contributed by atoms with E-state index in [1.165, 1.54) is 0 Å². The lowest BCUT2D eigenvalue weighted by Crippen LogP contribution is -2.25. The first-order chi connectivity index (χ1) is 14.4. The second kappa shape index (κ2) is 10.00. The first-order valence-corrected chi connectivity index (χ1v) is 11.1. The highest BCUT2D eigenvalue weighted by Gasteiger charge is 2.20. The first kappa shape index (κ1) is 22.2. The zero-order valence-corrected chi connectivity index (χ0v) is 19.2. The predicted octanol–water partition coefficient (Wildman–Crippen LogP) is 4.71. The Hall–Kier alpha value is -2.51. The van der Waals surface area contributed by atoms with E-state index in [0.29, 0.717) is 24.6 Å². The zero-order valence-electron chi connectivity index (χ0n) is 18.4.